The van der Waals surface area contributed by atoms with E-state index in [1.165, 1.54) is 6.07 Å². The zero-order valence-electron chi connectivity index (χ0n) is 14.9. The third kappa shape index (κ3) is 3.04. The molecule has 4 rings (SSSR count). The molecule has 1 heterocycles. The Hall–Kier alpha value is -2.18. The van der Waals surface area contributed by atoms with Gasteiger partial charge in [0.15, 0.2) is 0 Å². The number of carbonyl (C=O) groups is 1. The Morgan fingerprint density at radius 2 is 1.88 bits per heavy atom. The second-order valence-electron chi connectivity index (χ2n) is 7.23. The topological polar surface area (TPSA) is 66.5 Å². The van der Waals surface area contributed by atoms with Crippen LogP contribution in [0.15, 0.2) is 47.4 Å². The lowest BCUT2D eigenvalue weighted by Gasteiger charge is -2.24. The molecule has 1 aliphatic heterocycles. The molecule has 2 aliphatic rings. The van der Waals surface area contributed by atoms with Crippen LogP contribution < -0.4 is 9.62 Å². The van der Waals surface area contributed by atoms with Crippen LogP contribution in [0.3, 0.4) is 0 Å². The molecule has 136 valence electrons. The van der Waals surface area contributed by atoms with Crippen LogP contribution in [0.4, 0.5) is 5.69 Å². The van der Waals surface area contributed by atoms with Crippen molar-refractivity contribution in [3.05, 3.63) is 59.2 Å². The summed E-state index contributed by atoms with van der Waals surface area (Å²) in [7, 11) is -3.59. The molecule has 1 unspecified atom stereocenters. The summed E-state index contributed by atoms with van der Waals surface area (Å²) in [5, 5.41) is 0. The molecule has 5 nitrogen and oxygen atoms in total. The maximum Gasteiger partial charge on any atom is 0.258 e. The summed E-state index contributed by atoms with van der Waals surface area (Å²) in [5.41, 5.74) is 3.27. The number of para-hydroxylation sites is 1. The van der Waals surface area contributed by atoms with E-state index in [-0.39, 0.29) is 22.9 Å². The summed E-state index contributed by atoms with van der Waals surface area (Å²) in [6, 6.07) is 12.7. The zero-order chi connectivity index (χ0) is 18.5. The summed E-state index contributed by atoms with van der Waals surface area (Å²) < 4.78 is 27.7. The number of nitrogens with zero attached hydrogens (tertiary/aromatic N) is 1. The lowest BCUT2D eigenvalue weighted by Crippen LogP contribution is -2.36. The summed E-state index contributed by atoms with van der Waals surface area (Å²) in [6.45, 7) is 3.85. The molecule has 0 saturated heterocycles. The molecule has 0 aromatic heterocycles. The number of fused-ring (bicyclic) bond motifs is 1. The second kappa shape index (κ2) is 6.21. The van der Waals surface area contributed by atoms with Crippen molar-refractivity contribution in [1.29, 1.82) is 0 Å². The SMILES string of the molecule is Cc1ccc(S(=O)(=O)NC2CC2)cc1C(=O)N1c2ccccc2CC1C. The maximum absolute atomic E-state index is 13.3. The van der Waals surface area contributed by atoms with Gasteiger partial charge < -0.3 is 4.90 Å². The Morgan fingerprint density at radius 3 is 2.62 bits per heavy atom. The predicted molar refractivity (Wildman–Crippen MR) is 101 cm³/mol. The number of sulfonamides is 1. The molecule has 2 aromatic carbocycles. The van der Waals surface area contributed by atoms with E-state index in [2.05, 4.69) is 4.72 Å². The number of aryl methyl sites for hydroxylation is 1. The van der Waals surface area contributed by atoms with Crippen LogP contribution in [0, 0.1) is 6.92 Å². The first-order valence-electron chi connectivity index (χ1n) is 8.91. The fraction of sp³-hybridized carbons (Fsp3) is 0.350. The third-order valence-electron chi connectivity index (χ3n) is 5.07. The number of amides is 1. The van der Waals surface area contributed by atoms with Gasteiger partial charge in [-0.1, -0.05) is 24.3 Å². The van der Waals surface area contributed by atoms with Crippen LogP contribution in [-0.2, 0) is 16.4 Å². The van der Waals surface area contributed by atoms with Crippen LogP contribution in [0.25, 0.3) is 0 Å². The zero-order valence-corrected chi connectivity index (χ0v) is 15.7. The first-order valence-corrected chi connectivity index (χ1v) is 10.4. The van der Waals surface area contributed by atoms with Crippen molar-refractivity contribution in [3.63, 3.8) is 0 Å². The average molecular weight is 370 g/mol. The van der Waals surface area contributed by atoms with Gasteiger partial charge >= 0.3 is 0 Å². The molecule has 1 fully saturated rings. The summed E-state index contributed by atoms with van der Waals surface area (Å²) in [5.74, 6) is -0.150. The minimum atomic E-state index is -3.59. The van der Waals surface area contributed by atoms with E-state index in [0.717, 1.165) is 36.1 Å². The van der Waals surface area contributed by atoms with Gasteiger partial charge in [0, 0.05) is 23.3 Å². The van der Waals surface area contributed by atoms with Crippen LogP contribution in [0.2, 0.25) is 0 Å². The molecule has 1 amide bonds. The van der Waals surface area contributed by atoms with Crippen molar-refractivity contribution in [1.82, 2.24) is 4.72 Å². The van der Waals surface area contributed by atoms with Crippen molar-refractivity contribution >= 4 is 21.6 Å². The highest BCUT2D eigenvalue weighted by molar-refractivity contribution is 7.89. The number of rotatable bonds is 4. The summed E-state index contributed by atoms with van der Waals surface area (Å²) in [4.78, 5) is 15.2. The Balaban J connectivity index is 1.71. The van der Waals surface area contributed by atoms with Gasteiger partial charge in [-0.15, -0.1) is 0 Å². The van der Waals surface area contributed by atoms with Gasteiger partial charge in [0.2, 0.25) is 10.0 Å². The van der Waals surface area contributed by atoms with Crippen LogP contribution in [-0.4, -0.2) is 26.4 Å². The van der Waals surface area contributed by atoms with Gasteiger partial charge in [-0.3, -0.25) is 4.79 Å². The number of hydrogen-bond donors (Lipinski definition) is 1. The standard InChI is InChI=1S/C20H22N2O3S/c1-13-7-10-17(26(24,25)21-16-8-9-16)12-18(13)20(23)22-14(2)11-15-5-3-4-6-19(15)22/h3-7,10,12,14,16,21H,8-9,11H2,1-2H3. The van der Waals surface area contributed by atoms with Gasteiger partial charge in [0.25, 0.3) is 5.91 Å². The normalized spacial score (nSPS) is 19.5. The van der Waals surface area contributed by atoms with Gasteiger partial charge in [-0.25, -0.2) is 13.1 Å². The fourth-order valence-electron chi connectivity index (χ4n) is 3.49. The molecule has 2 aromatic rings. The largest absolute Gasteiger partial charge is 0.305 e. The van der Waals surface area contributed by atoms with Crippen molar-refractivity contribution < 1.29 is 13.2 Å². The minimum Gasteiger partial charge on any atom is -0.305 e. The molecule has 0 bridgehead atoms. The van der Waals surface area contributed by atoms with Gasteiger partial charge in [-0.05, 0) is 62.4 Å². The highest BCUT2D eigenvalue weighted by atomic mass is 32.2. The van der Waals surface area contributed by atoms with Gasteiger partial charge in [0.1, 0.15) is 0 Å². The number of hydrogen-bond acceptors (Lipinski definition) is 3. The van der Waals surface area contributed by atoms with E-state index in [0.29, 0.717) is 5.56 Å². The molecule has 0 spiro atoms. The number of carbonyl (C=O) groups excluding carboxylic acids is 1. The highest BCUT2D eigenvalue weighted by Crippen LogP contribution is 2.34. The third-order valence-corrected chi connectivity index (χ3v) is 6.59. The van der Waals surface area contributed by atoms with Crippen molar-refractivity contribution in [2.24, 2.45) is 0 Å². The molecular weight excluding hydrogens is 348 g/mol. The van der Waals surface area contributed by atoms with Gasteiger partial charge in [0.05, 0.1) is 4.90 Å². The van der Waals surface area contributed by atoms with E-state index in [1.807, 2.05) is 38.1 Å². The summed E-state index contributed by atoms with van der Waals surface area (Å²) in [6.07, 6.45) is 2.56. The number of anilines is 1. The number of nitrogens with one attached hydrogen (secondary N) is 1. The van der Waals surface area contributed by atoms with Crippen LogP contribution in [0.1, 0.15) is 41.3 Å². The Kier molecular flexibility index (Phi) is 4.12. The summed E-state index contributed by atoms with van der Waals surface area (Å²) >= 11 is 0. The van der Waals surface area contributed by atoms with Crippen molar-refractivity contribution in [2.75, 3.05) is 4.90 Å². The smallest absolute Gasteiger partial charge is 0.258 e. The first-order chi connectivity index (χ1) is 12.4. The Labute approximate surface area is 154 Å². The molecule has 26 heavy (non-hydrogen) atoms. The molecule has 1 N–H and O–H groups in total. The molecule has 0 radical (unpaired) electrons. The quantitative estimate of drug-likeness (QED) is 0.900. The Bertz CT molecular complexity index is 980. The molecule has 1 saturated carbocycles. The minimum absolute atomic E-state index is 0.0333. The first kappa shape index (κ1) is 17.2. The molecule has 6 heteroatoms. The lowest BCUT2D eigenvalue weighted by molar-refractivity contribution is 0.0980. The fourth-order valence-corrected chi connectivity index (χ4v) is 4.82. The molecule has 1 aliphatic carbocycles. The predicted octanol–water partition coefficient (Wildman–Crippen LogP) is 3.03. The highest BCUT2D eigenvalue weighted by Gasteiger charge is 2.33. The second-order valence-corrected chi connectivity index (χ2v) is 8.94. The number of benzene rings is 2. The van der Waals surface area contributed by atoms with E-state index in [9.17, 15) is 13.2 Å². The van der Waals surface area contributed by atoms with E-state index in [1.54, 1.807) is 17.0 Å². The van der Waals surface area contributed by atoms with E-state index >= 15 is 0 Å². The molecular formula is C20H22N2O3S. The Morgan fingerprint density at radius 1 is 1.15 bits per heavy atom. The average Bonchev–Trinajstić information content (AvgIpc) is 3.33. The van der Waals surface area contributed by atoms with Gasteiger partial charge in [-0.2, -0.15) is 0 Å². The maximum atomic E-state index is 13.3. The van der Waals surface area contributed by atoms with E-state index < -0.39 is 10.0 Å². The van der Waals surface area contributed by atoms with Crippen LogP contribution >= 0.6 is 0 Å². The van der Waals surface area contributed by atoms with Crippen LogP contribution in [0.5, 0.6) is 0 Å². The monoisotopic (exact) mass is 370 g/mol. The molecule has 1 atom stereocenters. The lowest BCUT2D eigenvalue weighted by atomic mass is 10.1. The van der Waals surface area contributed by atoms with Crippen molar-refractivity contribution in [2.45, 2.75) is 50.1 Å². The van der Waals surface area contributed by atoms with Crippen molar-refractivity contribution in [3.8, 4) is 0 Å². The van der Waals surface area contributed by atoms with E-state index in [4.69, 9.17) is 0 Å².